The molecule has 140 valence electrons. The highest BCUT2D eigenvalue weighted by Gasteiger charge is 2.20. The molecule has 0 fully saturated rings. The van der Waals surface area contributed by atoms with Gasteiger partial charge in [-0.3, -0.25) is 4.79 Å². The first-order chi connectivity index (χ1) is 12.2. The third-order valence-electron chi connectivity index (χ3n) is 3.87. The Balaban J connectivity index is 2.98. The van der Waals surface area contributed by atoms with Crippen molar-refractivity contribution in [1.82, 2.24) is 9.88 Å². The molecule has 0 saturated heterocycles. The number of nitriles is 1. The largest absolute Gasteiger partial charge is 0.448 e. The Kier molecular flexibility index (Phi) is 7.85. The molecule has 0 radical (unpaired) electrons. The number of aromatic nitrogens is 1. The van der Waals surface area contributed by atoms with Crippen LogP contribution in [-0.4, -0.2) is 29.1 Å². The summed E-state index contributed by atoms with van der Waals surface area (Å²) in [5, 5.41) is 11.9. The molecule has 0 aromatic carbocycles. The van der Waals surface area contributed by atoms with Crippen LogP contribution in [-0.2, 0) is 20.9 Å². The van der Waals surface area contributed by atoms with Gasteiger partial charge in [-0.05, 0) is 44.4 Å². The number of amides is 1. The van der Waals surface area contributed by atoms with E-state index in [9.17, 15) is 14.9 Å². The number of esters is 1. The van der Waals surface area contributed by atoms with Crippen LogP contribution in [0.15, 0.2) is 24.3 Å². The summed E-state index contributed by atoms with van der Waals surface area (Å²) >= 11 is 0. The summed E-state index contributed by atoms with van der Waals surface area (Å²) < 4.78 is 7.25. The molecule has 1 heterocycles. The number of nitrogens with zero attached hydrogens (tertiary/aromatic N) is 2. The van der Waals surface area contributed by atoms with Gasteiger partial charge in [-0.2, -0.15) is 5.26 Å². The number of ether oxygens (including phenoxy) is 1. The fourth-order valence-electron chi connectivity index (χ4n) is 2.51. The minimum absolute atomic E-state index is 0.141. The molecule has 1 aromatic rings. The molecular weight excluding hydrogens is 330 g/mol. The summed E-state index contributed by atoms with van der Waals surface area (Å²) in [5.41, 5.74) is 2.69. The quantitative estimate of drug-likeness (QED) is 0.335. The molecular formula is C20H27N3O3. The molecule has 6 nitrogen and oxygen atoms in total. The van der Waals surface area contributed by atoms with Crippen LogP contribution in [0.3, 0.4) is 0 Å². The lowest BCUT2D eigenvalue weighted by Crippen LogP contribution is -2.36. The molecule has 0 saturated carbocycles. The zero-order valence-electron chi connectivity index (χ0n) is 16.1. The van der Waals surface area contributed by atoms with E-state index in [1.165, 1.54) is 19.1 Å². The van der Waals surface area contributed by atoms with Crippen molar-refractivity contribution in [3.05, 3.63) is 41.2 Å². The van der Waals surface area contributed by atoms with E-state index in [-0.39, 0.29) is 12.1 Å². The van der Waals surface area contributed by atoms with Crippen molar-refractivity contribution < 1.29 is 14.3 Å². The lowest BCUT2D eigenvalue weighted by Gasteiger charge is -2.12. The number of rotatable bonds is 8. The van der Waals surface area contributed by atoms with E-state index in [0.29, 0.717) is 5.92 Å². The number of carbonyl (C=O) groups is 2. The van der Waals surface area contributed by atoms with E-state index in [4.69, 9.17) is 4.74 Å². The lowest BCUT2D eigenvalue weighted by atomic mass is 10.1. The lowest BCUT2D eigenvalue weighted by molar-refractivity contribution is -0.150. The second-order valence-corrected chi connectivity index (χ2v) is 6.58. The zero-order chi connectivity index (χ0) is 19.9. The van der Waals surface area contributed by atoms with Crippen LogP contribution in [0.5, 0.6) is 0 Å². The summed E-state index contributed by atoms with van der Waals surface area (Å²) in [7, 11) is 0. The number of aryl methyl sites for hydroxylation is 1. The van der Waals surface area contributed by atoms with Crippen molar-refractivity contribution in [2.75, 3.05) is 6.54 Å². The Bertz CT molecular complexity index is 751. The van der Waals surface area contributed by atoms with Gasteiger partial charge < -0.3 is 14.6 Å². The highest BCUT2D eigenvalue weighted by molar-refractivity contribution is 5.99. The molecule has 0 spiro atoms. The standard InChI is InChI=1S/C20H27N3O3/c1-7-8-22-19(24)16(6)26-20(25)18(11-21)10-17-9-14(4)23(15(17)5)12-13(2)3/h7,9-10,13,16H,1,8,12H2,2-6H3,(H,22,24)/b18-10+. The Morgan fingerprint density at radius 3 is 2.58 bits per heavy atom. The van der Waals surface area contributed by atoms with Gasteiger partial charge in [0.15, 0.2) is 6.10 Å². The predicted octanol–water partition coefficient (Wildman–Crippen LogP) is 2.90. The van der Waals surface area contributed by atoms with Crippen LogP contribution < -0.4 is 5.32 Å². The van der Waals surface area contributed by atoms with Gasteiger partial charge in [-0.15, -0.1) is 6.58 Å². The first kappa shape index (κ1) is 21.2. The Hall–Kier alpha value is -2.81. The van der Waals surface area contributed by atoms with Gasteiger partial charge >= 0.3 is 5.97 Å². The minimum Gasteiger partial charge on any atom is -0.448 e. The Morgan fingerprint density at radius 1 is 1.38 bits per heavy atom. The van der Waals surface area contributed by atoms with Crippen LogP contribution in [0.2, 0.25) is 0 Å². The SMILES string of the molecule is C=CCNC(=O)C(C)OC(=O)/C(C#N)=C/c1cc(C)n(CC(C)C)c1C. The average molecular weight is 357 g/mol. The molecule has 1 amide bonds. The van der Waals surface area contributed by atoms with Crippen LogP contribution in [0, 0.1) is 31.1 Å². The fraction of sp³-hybridized carbons (Fsp3) is 0.450. The molecule has 0 aliphatic carbocycles. The maximum absolute atomic E-state index is 12.2. The number of nitrogens with one attached hydrogen (secondary N) is 1. The van der Waals surface area contributed by atoms with E-state index >= 15 is 0 Å². The van der Waals surface area contributed by atoms with E-state index < -0.39 is 18.0 Å². The van der Waals surface area contributed by atoms with E-state index in [1.54, 1.807) is 0 Å². The molecule has 1 atom stereocenters. The highest BCUT2D eigenvalue weighted by Crippen LogP contribution is 2.20. The van der Waals surface area contributed by atoms with Crippen molar-refractivity contribution >= 4 is 18.0 Å². The molecule has 26 heavy (non-hydrogen) atoms. The van der Waals surface area contributed by atoms with E-state index in [0.717, 1.165) is 23.5 Å². The van der Waals surface area contributed by atoms with Gasteiger partial charge in [0.25, 0.3) is 5.91 Å². The van der Waals surface area contributed by atoms with Crippen LogP contribution >= 0.6 is 0 Å². The average Bonchev–Trinajstić information content (AvgIpc) is 2.84. The predicted molar refractivity (Wildman–Crippen MR) is 101 cm³/mol. The Labute approximate surface area is 155 Å². The van der Waals surface area contributed by atoms with Crippen molar-refractivity contribution in [3.63, 3.8) is 0 Å². The molecule has 0 aliphatic rings. The second-order valence-electron chi connectivity index (χ2n) is 6.58. The molecule has 6 heteroatoms. The van der Waals surface area contributed by atoms with Gasteiger partial charge in [0.1, 0.15) is 11.6 Å². The van der Waals surface area contributed by atoms with Gasteiger partial charge in [0.2, 0.25) is 0 Å². The van der Waals surface area contributed by atoms with Gasteiger partial charge in [-0.25, -0.2) is 4.79 Å². The molecule has 1 rings (SSSR count). The summed E-state index contributed by atoms with van der Waals surface area (Å²) in [6.07, 6.45) is 2.04. The van der Waals surface area contributed by atoms with E-state index in [2.05, 4.69) is 30.3 Å². The van der Waals surface area contributed by atoms with Gasteiger partial charge in [0.05, 0.1) is 0 Å². The normalized spacial score (nSPS) is 12.4. The number of hydrogen-bond donors (Lipinski definition) is 1. The summed E-state index contributed by atoms with van der Waals surface area (Å²) in [6.45, 7) is 14.3. The van der Waals surface area contributed by atoms with Crippen LogP contribution in [0.25, 0.3) is 6.08 Å². The molecule has 1 N–H and O–H groups in total. The molecule has 0 aliphatic heterocycles. The highest BCUT2D eigenvalue weighted by atomic mass is 16.5. The monoisotopic (exact) mass is 357 g/mol. The van der Waals surface area contributed by atoms with Gasteiger partial charge in [0, 0.05) is 24.5 Å². The fourth-order valence-corrected chi connectivity index (χ4v) is 2.51. The van der Waals surface area contributed by atoms with Crippen molar-refractivity contribution in [1.29, 1.82) is 5.26 Å². The van der Waals surface area contributed by atoms with Crippen molar-refractivity contribution in [2.24, 2.45) is 5.92 Å². The molecule has 1 aromatic heterocycles. The Morgan fingerprint density at radius 2 is 2.04 bits per heavy atom. The maximum atomic E-state index is 12.2. The summed E-state index contributed by atoms with van der Waals surface area (Å²) in [5.74, 6) is -0.778. The molecule has 1 unspecified atom stereocenters. The third-order valence-corrected chi connectivity index (χ3v) is 3.87. The van der Waals surface area contributed by atoms with Crippen LogP contribution in [0.1, 0.15) is 37.7 Å². The van der Waals surface area contributed by atoms with Crippen LogP contribution in [0.4, 0.5) is 0 Å². The molecule has 0 bridgehead atoms. The minimum atomic E-state index is -0.993. The first-order valence-electron chi connectivity index (χ1n) is 8.59. The van der Waals surface area contributed by atoms with Crippen molar-refractivity contribution in [2.45, 2.75) is 47.3 Å². The maximum Gasteiger partial charge on any atom is 0.349 e. The first-order valence-corrected chi connectivity index (χ1v) is 8.59. The summed E-state index contributed by atoms with van der Waals surface area (Å²) in [4.78, 5) is 24.0. The topological polar surface area (TPSA) is 84.1 Å². The number of carbonyl (C=O) groups excluding carboxylic acids is 2. The zero-order valence-corrected chi connectivity index (χ0v) is 16.1. The smallest absolute Gasteiger partial charge is 0.349 e. The number of hydrogen-bond acceptors (Lipinski definition) is 4. The van der Waals surface area contributed by atoms with Crippen molar-refractivity contribution in [3.8, 4) is 6.07 Å². The third kappa shape index (κ3) is 5.62. The van der Waals surface area contributed by atoms with Gasteiger partial charge in [-0.1, -0.05) is 19.9 Å². The van der Waals surface area contributed by atoms with E-state index in [1.807, 2.05) is 26.0 Å². The summed E-state index contributed by atoms with van der Waals surface area (Å²) in [6, 6.07) is 3.80. The second kappa shape index (κ2) is 9.62.